The van der Waals surface area contributed by atoms with E-state index in [0.717, 1.165) is 35.7 Å². The van der Waals surface area contributed by atoms with Gasteiger partial charge in [0.15, 0.2) is 5.96 Å². The highest BCUT2D eigenvalue weighted by Gasteiger charge is 2.18. The molecule has 0 bridgehead atoms. The molecule has 1 aromatic heterocycles. The number of nitrogens with one attached hydrogen (secondary N) is 2. The molecule has 0 spiro atoms. The number of benzene rings is 1. The van der Waals surface area contributed by atoms with Crippen molar-refractivity contribution < 1.29 is 14.2 Å². The molecule has 0 amide bonds. The van der Waals surface area contributed by atoms with Crippen LogP contribution >= 0.6 is 24.0 Å². The Morgan fingerprint density at radius 1 is 1.17 bits per heavy atom. The van der Waals surface area contributed by atoms with Crippen LogP contribution in [0.4, 0.5) is 0 Å². The number of ether oxygens (including phenoxy) is 3. The van der Waals surface area contributed by atoms with Gasteiger partial charge in [0, 0.05) is 31.4 Å². The number of hydrogen-bond donors (Lipinski definition) is 2. The summed E-state index contributed by atoms with van der Waals surface area (Å²) in [5.74, 6) is 3.14. The van der Waals surface area contributed by atoms with Crippen molar-refractivity contribution in [3.8, 4) is 17.2 Å². The summed E-state index contributed by atoms with van der Waals surface area (Å²) in [5, 5.41) is 6.59. The Morgan fingerprint density at radius 3 is 2.70 bits per heavy atom. The number of aliphatic imine (C=N–C) groups is 1. The fourth-order valence-corrected chi connectivity index (χ4v) is 3.27. The minimum absolute atomic E-state index is 0. The SMILES string of the molecule is CN=C(NCCOc1cccnc1)NCc1ccc(OC)cc1OC1CCCC1.I. The van der Waals surface area contributed by atoms with E-state index in [1.165, 1.54) is 12.8 Å². The number of hydrogen-bond acceptors (Lipinski definition) is 5. The highest BCUT2D eigenvalue weighted by molar-refractivity contribution is 14.0. The van der Waals surface area contributed by atoms with Crippen LogP contribution in [0.1, 0.15) is 31.2 Å². The Morgan fingerprint density at radius 2 is 2.00 bits per heavy atom. The van der Waals surface area contributed by atoms with E-state index in [0.29, 0.717) is 31.8 Å². The molecule has 1 aromatic carbocycles. The second-order valence-electron chi connectivity index (χ2n) is 6.89. The van der Waals surface area contributed by atoms with Crippen LogP contribution in [-0.4, -0.2) is 44.4 Å². The molecule has 3 rings (SSSR count). The van der Waals surface area contributed by atoms with Gasteiger partial charge in [-0.05, 0) is 49.9 Å². The molecule has 8 heteroatoms. The number of methoxy groups -OCH3 is 1. The zero-order chi connectivity index (χ0) is 20.3. The van der Waals surface area contributed by atoms with Crippen LogP contribution in [0.3, 0.4) is 0 Å². The molecule has 0 saturated heterocycles. The van der Waals surface area contributed by atoms with E-state index in [1.54, 1.807) is 26.6 Å². The number of rotatable bonds is 9. The van der Waals surface area contributed by atoms with Gasteiger partial charge in [0.2, 0.25) is 0 Å². The predicted molar refractivity (Wildman–Crippen MR) is 129 cm³/mol. The summed E-state index contributed by atoms with van der Waals surface area (Å²) < 4.78 is 17.3. The minimum Gasteiger partial charge on any atom is -0.497 e. The first kappa shape index (κ1) is 24.0. The Balaban J connectivity index is 0.00000320. The third-order valence-corrected chi connectivity index (χ3v) is 4.84. The van der Waals surface area contributed by atoms with E-state index in [4.69, 9.17) is 14.2 Å². The Hall–Kier alpha value is -2.23. The molecule has 7 nitrogen and oxygen atoms in total. The lowest BCUT2D eigenvalue weighted by molar-refractivity contribution is 0.207. The molecule has 0 radical (unpaired) electrons. The molecule has 2 N–H and O–H groups in total. The van der Waals surface area contributed by atoms with E-state index in [-0.39, 0.29) is 24.0 Å². The average molecular weight is 526 g/mol. The van der Waals surface area contributed by atoms with E-state index in [2.05, 4.69) is 20.6 Å². The zero-order valence-corrected chi connectivity index (χ0v) is 19.9. The van der Waals surface area contributed by atoms with Crippen LogP contribution < -0.4 is 24.8 Å². The molecule has 0 aliphatic heterocycles. The van der Waals surface area contributed by atoms with Crippen LogP contribution in [0, 0.1) is 0 Å². The third kappa shape index (κ3) is 7.55. The maximum Gasteiger partial charge on any atom is 0.191 e. The normalized spacial score (nSPS) is 14.0. The van der Waals surface area contributed by atoms with Crippen molar-refractivity contribution in [3.05, 3.63) is 48.3 Å². The minimum atomic E-state index is 0. The molecular weight excluding hydrogens is 495 g/mol. The topological polar surface area (TPSA) is 77.0 Å². The van der Waals surface area contributed by atoms with Gasteiger partial charge in [0.1, 0.15) is 23.9 Å². The van der Waals surface area contributed by atoms with Gasteiger partial charge in [-0.2, -0.15) is 0 Å². The highest BCUT2D eigenvalue weighted by atomic mass is 127. The summed E-state index contributed by atoms with van der Waals surface area (Å²) in [7, 11) is 3.42. The average Bonchev–Trinajstić information content (AvgIpc) is 3.27. The third-order valence-electron chi connectivity index (χ3n) is 4.84. The van der Waals surface area contributed by atoms with Crippen LogP contribution in [0.5, 0.6) is 17.2 Å². The molecule has 1 saturated carbocycles. The standard InChI is InChI=1S/C22H30N4O3.HI/c1-23-22(25-12-13-28-20-8-5-11-24-16-20)26-15-17-9-10-19(27-2)14-21(17)29-18-6-3-4-7-18;/h5,8-11,14,16,18H,3-4,6-7,12-13,15H2,1-2H3,(H2,23,25,26);1H. The highest BCUT2D eigenvalue weighted by Crippen LogP contribution is 2.29. The first-order chi connectivity index (χ1) is 14.3. The first-order valence-electron chi connectivity index (χ1n) is 10.1. The van der Waals surface area contributed by atoms with Crippen molar-refractivity contribution in [2.24, 2.45) is 4.99 Å². The molecule has 0 unspecified atom stereocenters. The summed E-state index contributed by atoms with van der Waals surface area (Å²) in [4.78, 5) is 8.31. The van der Waals surface area contributed by atoms with E-state index < -0.39 is 0 Å². The lowest BCUT2D eigenvalue weighted by Gasteiger charge is -2.19. The quantitative estimate of drug-likeness (QED) is 0.224. The van der Waals surface area contributed by atoms with E-state index >= 15 is 0 Å². The molecule has 1 fully saturated rings. The number of aromatic nitrogens is 1. The van der Waals surface area contributed by atoms with Gasteiger partial charge in [-0.25, -0.2) is 0 Å². The number of halogens is 1. The molecule has 1 aliphatic carbocycles. The summed E-state index contributed by atoms with van der Waals surface area (Å²) >= 11 is 0. The summed E-state index contributed by atoms with van der Waals surface area (Å²) in [5.41, 5.74) is 1.08. The van der Waals surface area contributed by atoms with Crippen LogP contribution in [-0.2, 0) is 6.54 Å². The number of nitrogens with zero attached hydrogens (tertiary/aromatic N) is 2. The first-order valence-corrected chi connectivity index (χ1v) is 10.1. The summed E-state index contributed by atoms with van der Waals surface area (Å²) in [6, 6.07) is 9.69. The fourth-order valence-electron chi connectivity index (χ4n) is 3.27. The second-order valence-corrected chi connectivity index (χ2v) is 6.89. The Bertz CT molecular complexity index is 783. The van der Waals surface area contributed by atoms with Crippen molar-refractivity contribution in [2.45, 2.75) is 38.3 Å². The number of guanidine groups is 1. The van der Waals surface area contributed by atoms with Crippen molar-refractivity contribution in [2.75, 3.05) is 27.3 Å². The van der Waals surface area contributed by atoms with Gasteiger partial charge in [0.25, 0.3) is 0 Å². The van der Waals surface area contributed by atoms with Crippen LogP contribution in [0.15, 0.2) is 47.7 Å². The van der Waals surface area contributed by atoms with Gasteiger partial charge in [-0.1, -0.05) is 0 Å². The zero-order valence-electron chi connectivity index (χ0n) is 17.6. The van der Waals surface area contributed by atoms with E-state index in [9.17, 15) is 0 Å². The van der Waals surface area contributed by atoms with Gasteiger partial charge < -0.3 is 24.8 Å². The Kier molecular flexibility index (Phi) is 10.5. The predicted octanol–water partition coefficient (Wildman–Crippen LogP) is 3.77. The summed E-state index contributed by atoms with van der Waals surface area (Å²) in [6.07, 6.45) is 8.42. The molecule has 0 atom stereocenters. The Labute approximate surface area is 195 Å². The number of pyridine rings is 1. The fraction of sp³-hybridized carbons (Fsp3) is 0.455. The van der Waals surface area contributed by atoms with Crippen molar-refractivity contribution in [3.63, 3.8) is 0 Å². The van der Waals surface area contributed by atoms with Crippen LogP contribution in [0.25, 0.3) is 0 Å². The molecular formula is C22H31IN4O3. The van der Waals surface area contributed by atoms with Crippen molar-refractivity contribution >= 4 is 29.9 Å². The molecule has 1 heterocycles. The van der Waals surface area contributed by atoms with Crippen LogP contribution in [0.2, 0.25) is 0 Å². The molecule has 1 aliphatic rings. The maximum atomic E-state index is 6.26. The second kappa shape index (κ2) is 13.1. The molecule has 30 heavy (non-hydrogen) atoms. The van der Waals surface area contributed by atoms with Gasteiger partial charge in [-0.15, -0.1) is 24.0 Å². The lowest BCUT2D eigenvalue weighted by atomic mass is 10.2. The summed E-state index contributed by atoms with van der Waals surface area (Å²) in [6.45, 7) is 1.75. The van der Waals surface area contributed by atoms with Crippen molar-refractivity contribution in [1.82, 2.24) is 15.6 Å². The maximum absolute atomic E-state index is 6.26. The van der Waals surface area contributed by atoms with Gasteiger partial charge in [-0.3, -0.25) is 9.98 Å². The lowest BCUT2D eigenvalue weighted by Crippen LogP contribution is -2.39. The van der Waals surface area contributed by atoms with Gasteiger partial charge in [0.05, 0.1) is 26.0 Å². The van der Waals surface area contributed by atoms with Crippen molar-refractivity contribution in [1.29, 1.82) is 0 Å². The molecule has 2 aromatic rings. The smallest absolute Gasteiger partial charge is 0.191 e. The monoisotopic (exact) mass is 526 g/mol. The van der Waals surface area contributed by atoms with E-state index in [1.807, 2.05) is 30.3 Å². The largest absolute Gasteiger partial charge is 0.497 e. The molecule has 164 valence electrons. The van der Waals surface area contributed by atoms with Gasteiger partial charge >= 0.3 is 0 Å².